The van der Waals surface area contributed by atoms with Gasteiger partial charge in [0.1, 0.15) is 10.9 Å². The van der Waals surface area contributed by atoms with Crippen LogP contribution in [-0.4, -0.2) is 28.8 Å². The number of carbonyl (C=O) groups is 1. The molecule has 0 radical (unpaired) electrons. The van der Waals surface area contributed by atoms with Crippen molar-refractivity contribution in [1.29, 1.82) is 5.26 Å². The summed E-state index contributed by atoms with van der Waals surface area (Å²) in [5, 5.41) is 9.26. The van der Waals surface area contributed by atoms with Crippen LogP contribution in [0.5, 0.6) is 11.5 Å². The van der Waals surface area contributed by atoms with Crippen molar-refractivity contribution in [2.75, 3.05) is 13.7 Å². The van der Waals surface area contributed by atoms with Crippen molar-refractivity contribution in [1.82, 2.24) is 4.90 Å². The van der Waals surface area contributed by atoms with E-state index < -0.39 is 0 Å². The van der Waals surface area contributed by atoms with Gasteiger partial charge in [-0.15, -0.1) is 0 Å². The summed E-state index contributed by atoms with van der Waals surface area (Å²) < 4.78 is 13.0. The van der Waals surface area contributed by atoms with Crippen molar-refractivity contribution in [3.8, 4) is 17.6 Å². The van der Waals surface area contributed by atoms with Gasteiger partial charge in [-0.05, 0) is 58.9 Å². The maximum Gasteiger partial charge on any atom is 0.266 e. The van der Waals surface area contributed by atoms with E-state index in [-0.39, 0.29) is 12.5 Å². The topological polar surface area (TPSA) is 62.6 Å². The zero-order chi connectivity index (χ0) is 21.7. The number of thiocarbonyl (C=S) groups is 1. The third-order valence-corrected chi connectivity index (χ3v) is 6.56. The van der Waals surface area contributed by atoms with E-state index in [0.717, 1.165) is 21.1 Å². The molecule has 0 atom stereocenters. The summed E-state index contributed by atoms with van der Waals surface area (Å²) in [5.74, 6) is 1.10. The molecule has 0 aromatic heterocycles. The smallest absolute Gasteiger partial charge is 0.266 e. The average molecular weight is 550 g/mol. The molecule has 0 saturated carbocycles. The molecule has 0 spiro atoms. The minimum atomic E-state index is -0.0609. The molecule has 0 aliphatic carbocycles. The Morgan fingerprint density at radius 2 is 2.10 bits per heavy atom. The Morgan fingerprint density at radius 1 is 1.33 bits per heavy atom. The summed E-state index contributed by atoms with van der Waals surface area (Å²) in [5.41, 5.74) is 2.22. The molecule has 2 aromatic carbocycles. The van der Waals surface area contributed by atoms with Crippen LogP contribution in [0, 0.1) is 14.9 Å². The lowest BCUT2D eigenvalue weighted by molar-refractivity contribution is -0.122. The van der Waals surface area contributed by atoms with E-state index in [1.54, 1.807) is 18.1 Å². The van der Waals surface area contributed by atoms with Crippen molar-refractivity contribution in [3.05, 3.63) is 61.6 Å². The Kier molecular flexibility index (Phi) is 7.75. The minimum Gasteiger partial charge on any atom is -0.493 e. The number of hydrogen-bond donors (Lipinski definition) is 0. The average Bonchev–Trinajstić information content (AvgIpc) is 3.00. The number of carbonyl (C=O) groups excluding carboxylic acids is 1. The van der Waals surface area contributed by atoms with Crippen molar-refractivity contribution < 1.29 is 14.3 Å². The number of methoxy groups -OCH3 is 1. The molecule has 1 amide bonds. The molecule has 1 saturated heterocycles. The van der Waals surface area contributed by atoms with E-state index in [1.165, 1.54) is 11.8 Å². The summed E-state index contributed by atoms with van der Waals surface area (Å²) in [6.07, 6.45) is 2.68. The van der Waals surface area contributed by atoms with Crippen LogP contribution < -0.4 is 9.47 Å². The molecular weight excluding hydrogens is 531 g/mol. The third kappa shape index (κ3) is 4.96. The van der Waals surface area contributed by atoms with E-state index in [4.69, 9.17) is 21.7 Å². The monoisotopic (exact) mass is 550 g/mol. The van der Waals surface area contributed by atoms with Crippen LogP contribution in [0.2, 0.25) is 0 Å². The normalized spacial score (nSPS) is 14.9. The molecule has 1 aliphatic heterocycles. The maximum atomic E-state index is 12.6. The van der Waals surface area contributed by atoms with Crippen molar-refractivity contribution >= 4 is 62.9 Å². The first-order valence-corrected chi connectivity index (χ1v) is 11.5. The van der Waals surface area contributed by atoms with Gasteiger partial charge in [0.25, 0.3) is 5.91 Å². The van der Waals surface area contributed by atoms with E-state index in [9.17, 15) is 10.1 Å². The molecule has 0 N–H and O–H groups in total. The second-order valence-electron chi connectivity index (χ2n) is 6.43. The first-order chi connectivity index (χ1) is 14.5. The number of benzene rings is 2. The van der Waals surface area contributed by atoms with Crippen molar-refractivity contribution in [2.24, 2.45) is 0 Å². The van der Waals surface area contributed by atoms with Crippen LogP contribution in [0.25, 0.3) is 6.08 Å². The van der Waals surface area contributed by atoms with E-state index in [0.29, 0.717) is 32.8 Å². The van der Waals surface area contributed by atoms with Gasteiger partial charge in [-0.2, -0.15) is 5.26 Å². The standard InChI is InChI=1S/C22H19IN2O3S2/c1-3-8-25-21(26)19(30-22(25)29)11-14-9-17(23)20(18(10-14)27-2)28-13-16-7-5-4-6-15(16)12-24/h4-7,9-11H,3,8,13H2,1-2H3/b19-11-. The lowest BCUT2D eigenvalue weighted by atomic mass is 10.1. The number of ether oxygens (including phenoxy) is 2. The SMILES string of the molecule is CCCN1C(=O)/C(=C/c2cc(I)c(OCc3ccccc3C#N)c(OC)c2)SC1=S. The first kappa shape index (κ1) is 22.6. The fraction of sp³-hybridized carbons (Fsp3) is 0.227. The van der Waals surface area contributed by atoms with E-state index in [2.05, 4.69) is 28.7 Å². The third-order valence-electron chi connectivity index (χ3n) is 4.38. The van der Waals surface area contributed by atoms with Crippen LogP contribution in [0.1, 0.15) is 30.0 Å². The molecule has 0 bridgehead atoms. The lowest BCUT2D eigenvalue weighted by Gasteiger charge is -2.14. The Bertz CT molecular complexity index is 1060. The highest BCUT2D eigenvalue weighted by Crippen LogP contribution is 2.37. The Hall–Kier alpha value is -2.09. The summed E-state index contributed by atoms with van der Waals surface area (Å²) in [6, 6.07) is 13.3. The number of nitrogens with zero attached hydrogens (tertiary/aromatic N) is 2. The molecule has 8 heteroatoms. The minimum absolute atomic E-state index is 0.0609. The molecule has 3 rings (SSSR count). The van der Waals surface area contributed by atoms with Gasteiger partial charge in [-0.25, -0.2) is 0 Å². The number of halogens is 1. The van der Waals surface area contributed by atoms with Gasteiger partial charge in [0.05, 0.1) is 27.2 Å². The number of nitriles is 1. The van der Waals surface area contributed by atoms with Crippen LogP contribution in [0.15, 0.2) is 41.3 Å². The van der Waals surface area contributed by atoms with Gasteiger partial charge in [0.15, 0.2) is 11.5 Å². The predicted octanol–water partition coefficient (Wildman–Crippen LogP) is 5.36. The summed E-state index contributed by atoms with van der Waals surface area (Å²) in [6.45, 7) is 2.90. The maximum absolute atomic E-state index is 12.6. The lowest BCUT2D eigenvalue weighted by Crippen LogP contribution is -2.28. The zero-order valence-corrected chi connectivity index (χ0v) is 20.3. The number of thioether (sulfide) groups is 1. The molecule has 1 heterocycles. The summed E-state index contributed by atoms with van der Waals surface area (Å²) in [7, 11) is 1.58. The van der Waals surface area contributed by atoms with Crippen LogP contribution in [0.3, 0.4) is 0 Å². The molecular formula is C22H19IN2O3S2. The predicted molar refractivity (Wildman–Crippen MR) is 131 cm³/mol. The fourth-order valence-electron chi connectivity index (χ4n) is 2.94. The molecule has 0 unspecified atom stereocenters. The van der Waals surface area contributed by atoms with Crippen LogP contribution in [0.4, 0.5) is 0 Å². The molecule has 154 valence electrons. The fourth-order valence-corrected chi connectivity index (χ4v) is 5.03. The van der Waals surface area contributed by atoms with Crippen LogP contribution in [-0.2, 0) is 11.4 Å². The van der Waals surface area contributed by atoms with Gasteiger partial charge in [-0.1, -0.05) is 49.1 Å². The van der Waals surface area contributed by atoms with Crippen LogP contribution >= 0.6 is 46.6 Å². The highest BCUT2D eigenvalue weighted by atomic mass is 127. The molecule has 5 nitrogen and oxygen atoms in total. The Balaban J connectivity index is 1.85. The van der Waals surface area contributed by atoms with Gasteiger partial charge in [0.2, 0.25) is 0 Å². The van der Waals surface area contributed by atoms with Gasteiger partial charge in [0, 0.05) is 12.1 Å². The Labute approximate surface area is 199 Å². The highest BCUT2D eigenvalue weighted by molar-refractivity contribution is 14.1. The molecule has 1 fully saturated rings. The largest absolute Gasteiger partial charge is 0.493 e. The second kappa shape index (κ2) is 10.3. The van der Waals surface area contributed by atoms with Gasteiger partial charge >= 0.3 is 0 Å². The zero-order valence-electron chi connectivity index (χ0n) is 16.5. The second-order valence-corrected chi connectivity index (χ2v) is 9.26. The highest BCUT2D eigenvalue weighted by Gasteiger charge is 2.31. The van der Waals surface area contributed by atoms with Gasteiger partial charge in [-0.3, -0.25) is 9.69 Å². The molecule has 30 heavy (non-hydrogen) atoms. The summed E-state index contributed by atoms with van der Waals surface area (Å²) >= 11 is 8.83. The number of amides is 1. The van der Waals surface area contributed by atoms with Gasteiger partial charge < -0.3 is 9.47 Å². The van der Waals surface area contributed by atoms with Crippen molar-refractivity contribution in [3.63, 3.8) is 0 Å². The van der Waals surface area contributed by atoms with E-state index in [1.807, 2.05) is 43.3 Å². The molecule has 1 aliphatic rings. The Morgan fingerprint density at radius 3 is 2.80 bits per heavy atom. The molecule has 2 aromatic rings. The van der Waals surface area contributed by atoms with E-state index >= 15 is 0 Å². The van der Waals surface area contributed by atoms with Crippen molar-refractivity contribution in [2.45, 2.75) is 20.0 Å². The quantitative estimate of drug-likeness (QED) is 0.263. The number of hydrogen-bond acceptors (Lipinski definition) is 6. The summed E-state index contributed by atoms with van der Waals surface area (Å²) in [4.78, 5) is 14.8. The number of rotatable bonds is 7. The first-order valence-electron chi connectivity index (χ1n) is 9.22.